The Balaban J connectivity index is 2.66. The lowest BCUT2D eigenvalue weighted by atomic mass is 9.86. The summed E-state index contributed by atoms with van der Waals surface area (Å²) in [5, 5.41) is 3.52. The van der Waals surface area contributed by atoms with Gasteiger partial charge in [-0.2, -0.15) is 0 Å². The number of rotatable bonds is 9. The van der Waals surface area contributed by atoms with Crippen molar-refractivity contribution < 1.29 is 4.74 Å². The quantitative estimate of drug-likeness (QED) is 0.685. The van der Waals surface area contributed by atoms with Gasteiger partial charge in [-0.05, 0) is 36.3 Å². The van der Waals surface area contributed by atoms with E-state index in [0.717, 1.165) is 25.6 Å². The maximum Gasteiger partial charge on any atom is 0.0587 e. The number of methoxy groups -OCH3 is 1. The van der Waals surface area contributed by atoms with Gasteiger partial charge in [0.25, 0.3) is 0 Å². The fourth-order valence-corrected chi connectivity index (χ4v) is 2.47. The van der Waals surface area contributed by atoms with Crippen LogP contribution in [0.15, 0.2) is 24.3 Å². The molecule has 2 heteroatoms. The molecule has 0 radical (unpaired) electrons. The van der Waals surface area contributed by atoms with Crippen molar-refractivity contribution in [1.82, 2.24) is 5.32 Å². The minimum atomic E-state index is 0.605. The van der Waals surface area contributed by atoms with E-state index in [-0.39, 0.29) is 0 Å². The summed E-state index contributed by atoms with van der Waals surface area (Å²) < 4.78 is 5.09. The van der Waals surface area contributed by atoms with Gasteiger partial charge in [0.15, 0.2) is 0 Å². The minimum absolute atomic E-state index is 0.605. The molecule has 0 aliphatic heterocycles. The van der Waals surface area contributed by atoms with E-state index < -0.39 is 0 Å². The van der Waals surface area contributed by atoms with Gasteiger partial charge in [-0.1, -0.05) is 44.5 Å². The van der Waals surface area contributed by atoms with E-state index in [1.807, 2.05) is 0 Å². The molecular weight excluding hydrogens is 234 g/mol. The number of nitrogens with one attached hydrogen (secondary N) is 1. The van der Waals surface area contributed by atoms with Crippen molar-refractivity contribution in [3.05, 3.63) is 35.4 Å². The number of hydrogen-bond donors (Lipinski definition) is 1. The van der Waals surface area contributed by atoms with Gasteiger partial charge < -0.3 is 10.1 Å². The van der Waals surface area contributed by atoms with Crippen molar-refractivity contribution in [2.75, 3.05) is 26.8 Å². The lowest BCUT2D eigenvalue weighted by molar-refractivity contribution is 0.198. The molecular formula is C17H29NO. The molecule has 0 spiro atoms. The van der Waals surface area contributed by atoms with E-state index in [9.17, 15) is 0 Å². The van der Waals surface area contributed by atoms with Crippen molar-refractivity contribution in [1.29, 1.82) is 0 Å². The molecule has 0 aliphatic rings. The predicted molar refractivity (Wildman–Crippen MR) is 82.7 cm³/mol. The number of benzene rings is 1. The monoisotopic (exact) mass is 263 g/mol. The summed E-state index contributed by atoms with van der Waals surface area (Å²) in [5.41, 5.74) is 2.90. The van der Waals surface area contributed by atoms with E-state index in [4.69, 9.17) is 4.74 Å². The van der Waals surface area contributed by atoms with Crippen molar-refractivity contribution in [2.24, 2.45) is 5.92 Å². The molecule has 0 saturated carbocycles. The third-order valence-corrected chi connectivity index (χ3v) is 3.89. The topological polar surface area (TPSA) is 21.3 Å². The van der Waals surface area contributed by atoms with Gasteiger partial charge in [0.05, 0.1) is 6.61 Å². The van der Waals surface area contributed by atoms with E-state index in [1.54, 1.807) is 7.11 Å². The van der Waals surface area contributed by atoms with Gasteiger partial charge in [-0.3, -0.25) is 0 Å². The van der Waals surface area contributed by atoms with Gasteiger partial charge in [-0.15, -0.1) is 0 Å². The molecule has 1 aromatic carbocycles. The minimum Gasteiger partial charge on any atom is -0.383 e. The highest BCUT2D eigenvalue weighted by Crippen LogP contribution is 2.27. The first-order valence-electron chi connectivity index (χ1n) is 7.44. The van der Waals surface area contributed by atoms with Crippen LogP contribution in [0.25, 0.3) is 0 Å². The SMILES string of the molecule is CCC(C)CC(CNCCOC)c1ccccc1C. The first-order valence-corrected chi connectivity index (χ1v) is 7.44. The molecule has 2 nitrogen and oxygen atoms in total. The summed E-state index contributed by atoms with van der Waals surface area (Å²) in [6, 6.07) is 8.77. The van der Waals surface area contributed by atoms with Crippen LogP contribution in [-0.2, 0) is 4.74 Å². The standard InChI is InChI=1S/C17H29NO/c1-5-14(2)12-16(13-18-10-11-19-4)17-9-7-6-8-15(17)3/h6-9,14,16,18H,5,10-13H2,1-4H3. The Morgan fingerprint density at radius 3 is 2.63 bits per heavy atom. The van der Waals surface area contributed by atoms with Crippen LogP contribution >= 0.6 is 0 Å². The fraction of sp³-hybridized carbons (Fsp3) is 0.647. The summed E-state index contributed by atoms with van der Waals surface area (Å²) in [6.45, 7) is 9.59. The second kappa shape index (κ2) is 9.11. The van der Waals surface area contributed by atoms with Crippen molar-refractivity contribution in [2.45, 2.75) is 39.5 Å². The van der Waals surface area contributed by atoms with Gasteiger partial charge in [0, 0.05) is 20.2 Å². The highest BCUT2D eigenvalue weighted by Gasteiger charge is 2.15. The third kappa shape index (κ3) is 5.75. The summed E-state index contributed by atoms with van der Waals surface area (Å²) in [7, 11) is 1.75. The summed E-state index contributed by atoms with van der Waals surface area (Å²) in [6.07, 6.45) is 2.50. The number of aryl methyl sites for hydroxylation is 1. The molecule has 108 valence electrons. The highest BCUT2D eigenvalue weighted by atomic mass is 16.5. The Labute approximate surface area is 118 Å². The van der Waals surface area contributed by atoms with Gasteiger partial charge in [-0.25, -0.2) is 0 Å². The normalized spacial score (nSPS) is 14.3. The Morgan fingerprint density at radius 2 is 2.00 bits per heavy atom. The highest BCUT2D eigenvalue weighted by molar-refractivity contribution is 5.29. The molecule has 0 bridgehead atoms. The van der Waals surface area contributed by atoms with Crippen LogP contribution in [0.1, 0.15) is 43.7 Å². The fourth-order valence-electron chi connectivity index (χ4n) is 2.47. The Hall–Kier alpha value is -0.860. The van der Waals surface area contributed by atoms with Crippen LogP contribution in [0.5, 0.6) is 0 Å². The molecule has 0 amide bonds. The molecule has 0 saturated heterocycles. The zero-order chi connectivity index (χ0) is 14.1. The first kappa shape index (κ1) is 16.2. The largest absolute Gasteiger partial charge is 0.383 e. The van der Waals surface area contributed by atoms with Crippen LogP contribution in [0, 0.1) is 12.8 Å². The Morgan fingerprint density at radius 1 is 1.26 bits per heavy atom. The molecule has 0 fully saturated rings. The van der Waals surface area contributed by atoms with E-state index in [1.165, 1.54) is 24.0 Å². The van der Waals surface area contributed by atoms with Crippen LogP contribution in [0.4, 0.5) is 0 Å². The lowest BCUT2D eigenvalue weighted by Gasteiger charge is -2.23. The van der Waals surface area contributed by atoms with Gasteiger partial charge >= 0.3 is 0 Å². The lowest BCUT2D eigenvalue weighted by Crippen LogP contribution is -2.26. The van der Waals surface area contributed by atoms with Gasteiger partial charge in [0.2, 0.25) is 0 Å². The molecule has 0 aromatic heterocycles. The van der Waals surface area contributed by atoms with Crippen molar-refractivity contribution in [3.63, 3.8) is 0 Å². The molecule has 1 aromatic rings. The molecule has 1 N–H and O–H groups in total. The van der Waals surface area contributed by atoms with Gasteiger partial charge in [0.1, 0.15) is 0 Å². The molecule has 2 atom stereocenters. The van der Waals surface area contributed by atoms with Crippen LogP contribution < -0.4 is 5.32 Å². The van der Waals surface area contributed by atoms with Crippen LogP contribution in [0.3, 0.4) is 0 Å². The average Bonchev–Trinajstić information content (AvgIpc) is 2.42. The first-order chi connectivity index (χ1) is 9.19. The molecule has 19 heavy (non-hydrogen) atoms. The average molecular weight is 263 g/mol. The van der Waals surface area contributed by atoms with E-state index in [2.05, 4.69) is 50.4 Å². The summed E-state index contributed by atoms with van der Waals surface area (Å²) in [4.78, 5) is 0. The van der Waals surface area contributed by atoms with Crippen molar-refractivity contribution in [3.8, 4) is 0 Å². The van der Waals surface area contributed by atoms with Crippen LogP contribution in [-0.4, -0.2) is 26.8 Å². The Bertz CT molecular complexity index is 351. The maximum absolute atomic E-state index is 5.09. The molecule has 0 heterocycles. The molecule has 1 rings (SSSR count). The predicted octanol–water partition coefficient (Wildman–Crippen LogP) is 3.75. The van der Waals surface area contributed by atoms with Crippen molar-refractivity contribution >= 4 is 0 Å². The second-order valence-corrected chi connectivity index (χ2v) is 5.50. The van der Waals surface area contributed by atoms with Crippen LogP contribution in [0.2, 0.25) is 0 Å². The zero-order valence-corrected chi connectivity index (χ0v) is 12.9. The summed E-state index contributed by atoms with van der Waals surface area (Å²) >= 11 is 0. The van der Waals surface area contributed by atoms with E-state index in [0.29, 0.717) is 5.92 Å². The zero-order valence-electron chi connectivity index (χ0n) is 12.9. The maximum atomic E-state index is 5.09. The molecule has 0 aliphatic carbocycles. The Kier molecular flexibility index (Phi) is 7.76. The third-order valence-electron chi connectivity index (χ3n) is 3.89. The second-order valence-electron chi connectivity index (χ2n) is 5.50. The number of ether oxygens (including phenoxy) is 1. The molecule has 2 unspecified atom stereocenters. The number of hydrogen-bond acceptors (Lipinski definition) is 2. The van der Waals surface area contributed by atoms with E-state index >= 15 is 0 Å². The summed E-state index contributed by atoms with van der Waals surface area (Å²) in [5.74, 6) is 1.38. The smallest absolute Gasteiger partial charge is 0.0587 e.